The number of nitrogen functional groups attached to an aromatic ring is 1. The van der Waals surface area contributed by atoms with E-state index in [1.807, 2.05) is 0 Å². The molecule has 0 spiro atoms. The molecule has 2 heterocycles. The van der Waals surface area contributed by atoms with Crippen molar-refractivity contribution in [3.05, 3.63) is 34.1 Å². The van der Waals surface area contributed by atoms with E-state index < -0.39 is 0 Å². The zero-order valence-corrected chi connectivity index (χ0v) is 12.2. The van der Waals surface area contributed by atoms with E-state index in [1.165, 1.54) is 17.5 Å². The van der Waals surface area contributed by atoms with Crippen LogP contribution in [0.2, 0.25) is 0 Å². The standard InChI is InChI=1S/C14H12BrN5/c15-10-5-8(4-7-2-1-3-9(7)10)13-19-12(16)11-14(20-13)18-6-17-11/h4-6H,1-3H2,(H3,16,17,18,19,20). The summed E-state index contributed by atoms with van der Waals surface area (Å²) in [4.78, 5) is 16.0. The minimum Gasteiger partial charge on any atom is -0.382 e. The molecule has 3 aromatic rings. The second kappa shape index (κ2) is 4.28. The number of rotatable bonds is 1. The molecule has 3 N–H and O–H groups in total. The van der Waals surface area contributed by atoms with E-state index in [-0.39, 0.29) is 0 Å². The van der Waals surface area contributed by atoms with Crippen LogP contribution in [-0.4, -0.2) is 19.9 Å². The molecule has 4 rings (SSSR count). The van der Waals surface area contributed by atoms with E-state index in [9.17, 15) is 0 Å². The van der Waals surface area contributed by atoms with E-state index in [0.29, 0.717) is 22.8 Å². The number of anilines is 1. The molecule has 0 amide bonds. The van der Waals surface area contributed by atoms with Gasteiger partial charge in [-0.15, -0.1) is 0 Å². The molecule has 20 heavy (non-hydrogen) atoms. The van der Waals surface area contributed by atoms with Gasteiger partial charge in [0.05, 0.1) is 6.33 Å². The van der Waals surface area contributed by atoms with Crippen LogP contribution in [0.4, 0.5) is 5.82 Å². The van der Waals surface area contributed by atoms with Gasteiger partial charge >= 0.3 is 0 Å². The van der Waals surface area contributed by atoms with Crippen LogP contribution in [0.25, 0.3) is 22.6 Å². The maximum atomic E-state index is 5.96. The lowest BCUT2D eigenvalue weighted by molar-refractivity contribution is 0.910. The van der Waals surface area contributed by atoms with Gasteiger partial charge in [0, 0.05) is 10.0 Å². The molecule has 0 saturated carbocycles. The van der Waals surface area contributed by atoms with Gasteiger partial charge in [-0.25, -0.2) is 15.0 Å². The second-order valence-corrected chi connectivity index (χ2v) is 5.84. The van der Waals surface area contributed by atoms with Crippen molar-refractivity contribution in [2.75, 3.05) is 5.73 Å². The number of aryl methyl sites for hydroxylation is 1. The third-order valence-corrected chi connectivity index (χ3v) is 4.44. The van der Waals surface area contributed by atoms with Crippen LogP contribution < -0.4 is 5.73 Å². The van der Waals surface area contributed by atoms with Crippen LogP contribution in [0.1, 0.15) is 17.5 Å². The predicted molar refractivity (Wildman–Crippen MR) is 81.3 cm³/mol. The Morgan fingerprint density at radius 1 is 1.20 bits per heavy atom. The molecule has 1 aromatic carbocycles. The highest BCUT2D eigenvalue weighted by atomic mass is 79.9. The number of halogens is 1. The quantitative estimate of drug-likeness (QED) is 0.719. The Bertz CT molecular complexity index is 824. The van der Waals surface area contributed by atoms with Crippen molar-refractivity contribution in [2.24, 2.45) is 0 Å². The SMILES string of the molecule is Nc1nc(-c2cc(Br)c3c(c2)CCC3)nc2nc[nH]c12. The largest absolute Gasteiger partial charge is 0.382 e. The first-order valence-corrected chi connectivity index (χ1v) is 7.30. The molecule has 0 aliphatic heterocycles. The Balaban J connectivity index is 1.92. The summed E-state index contributed by atoms with van der Waals surface area (Å²) in [5.41, 5.74) is 11.0. The molecule has 0 saturated heterocycles. The van der Waals surface area contributed by atoms with E-state index in [1.54, 1.807) is 6.33 Å². The summed E-state index contributed by atoms with van der Waals surface area (Å²) in [6.45, 7) is 0. The van der Waals surface area contributed by atoms with E-state index in [0.717, 1.165) is 22.9 Å². The van der Waals surface area contributed by atoms with Crippen LogP contribution in [-0.2, 0) is 12.8 Å². The van der Waals surface area contributed by atoms with E-state index >= 15 is 0 Å². The lowest BCUT2D eigenvalue weighted by Gasteiger charge is -2.07. The lowest BCUT2D eigenvalue weighted by Crippen LogP contribution is -1.98. The van der Waals surface area contributed by atoms with E-state index in [2.05, 4.69) is 48.0 Å². The number of hydrogen-bond donors (Lipinski definition) is 2. The zero-order chi connectivity index (χ0) is 13.7. The van der Waals surface area contributed by atoms with Crippen LogP contribution in [0.5, 0.6) is 0 Å². The van der Waals surface area contributed by atoms with E-state index in [4.69, 9.17) is 5.73 Å². The van der Waals surface area contributed by atoms with Crippen molar-refractivity contribution in [2.45, 2.75) is 19.3 Å². The molecule has 0 fully saturated rings. The highest BCUT2D eigenvalue weighted by Crippen LogP contribution is 2.33. The Hall–Kier alpha value is -1.95. The third-order valence-electron chi connectivity index (χ3n) is 3.73. The average Bonchev–Trinajstić information content (AvgIpc) is 3.06. The highest BCUT2D eigenvalue weighted by molar-refractivity contribution is 9.10. The van der Waals surface area contributed by atoms with Crippen molar-refractivity contribution in [3.8, 4) is 11.4 Å². The number of nitrogens with one attached hydrogen (secondary N) is 1. The van der Waals surface area contributed by atoms with Gasteiger partial charge in [0.25, 0.3) is 0 Å². The fraction of sp³-hybridized carbons (Fsp3) is 0.214. The van der Waals surface area contributed by atoms with Gasteiger partial charge in [-0.2, -0.15) is 0 Å². The molecule has 1 aliphatic rings. The first-order valence-electron chi connectivity index (χ1n) is 6.50. The number of hydrogen-bond acceptors (Lipinski definition) is 4. The topological polar surface area (TPSA) is 80.5 Å². The first-order chi connectivity index (χ1) is 9.72. The fourth-order valence-corrected chi connectivity index (χ4v) is 3.47. The molecule has 0 radical (unpaired) electrons. The average molecular weight is 330 g/mol. The maximum Gasteiger partial charge on any atom is 0.183 e. The van der Waals surface area contributed by atoms with Crippen molar-refractivity contribution in [1.82, 2.24) is 19.9 Å². The number of H-pyrrole nitrogens is 1. The third kappa shape index (κ3) is 1.71. The predicted octanol–water partition coefficient (Wildman–Crippen LogP) is 2.85. The zero-order valence-electron chi connectivity index (χ0n) is 10.7. The minimum atomic E-state index is 0.430. The molecule has 0 unspecified atom stereocenters. The van der Waals surface area contributed by atoms with Crippen molar-refractivity contribution >= 4 is 32.9 Å². The molecule has 0 atom stereocenters. The Morgan fingerprint density at radius 2 is 2.10 bits per heavy atom. The number of nitrogens with zero attached hydrogens (tertiary/aromatic N) is 3. The highest BCUT2D eigenvalue weighted by Gasteiger charge is 2.17. The summed E-state index contributed by atoms with van der Waals surface area (Å²) in [5.74, 6) is 1.05. The lowest BCUT2D eigenvalue weighted by atomic mass is 10.1. The number of aromatic nitrogens is 4. The molecular weight excluding hydrogens is 318 g/mol. The Morgan fingerprint density at radius 3 is 3.00 bits per heavy atom. The van der Waals surface area contributed by atoms with Crippen LogP contribution >= 0.6 is 15.9 Å². The molecule has 100 valence electrons. The first kappa shape index (κ1) is 11.8. The van der Waals surface area contributed by atoms with Crippen LogP contribution in [0.3, 0.4) is 0 Å². The molecule has 6 heteroatoms. The summed E-state index contributed by atoms with van der Waals surface area (Å²) in [7, 11) is 0. The molecular formula is C14H12BrN5. The van der Waals surface area contributed by atoms with Crippen molar-refractivity contribution in [3.63, 3.8) is 0 Å². The molecule has 5 nitrogen and oxygen atoms in total. The molecule has 2 aromatic heterocycles. The van der Waals surface area contributed by atoms with Gasteiger partial charge in [-0.1, -0.05) is 15.9 Å². The normalized spacial score (nSPS) is 13.8. The monoisotopic (exact) mass is 329 g/mol. The summed E-state index contributed by atoms with van der Waals surface area (Å²) >= 11 is 3.65. The number of nitrogens with two attached hydrogens (primary N) is 1. The van der Waals surface area contributed by atoms with Gasteiger partial charge in [-0.05, 0) is 42.5 Å². The molecule has 0 bridgehead atoms. The van der Waals surface area contributed by atoms with Crippen LogP contribution in [0, 0.1) is 0 Å². The number of fused-ring (bicyclic) bond motifs is 2. The van der Waals surface area contributed by atoms with Gasteiger partial charge in [0.15, 0.2) is 17.3 Å². The van der Waals surface area contributed by atoms with Crippen molar-refractivity contribution < 1.29 is 0 Å². The number of benzene rings is 1. The summed E-state index contributed by atoms with van der Waals surface area (Å²) in [6.07, 6.45) is 5.04. The molecule has 1 aliphatic carbocycles. The minimum absolute atomic E-state index is 0.430. The smallest absolute Gasteiger partial charge is 0.183 e. The van der Waals surface area contributed by atoms with Crippen LogP contribution in [0.15, 0.2) is 22.9 Å². The fourth-order valence-electron chi connectivity index (χ4n) is 2.77. The summed E-state index contributed by atoms with van der Waals surface area (Å²) in [5, 5.41) is 0. The van der Waals surface area contributed by atoms with Gasteiger partial charge in [0.1, 0.15) is 5.52 Å². The van der Waals surface area contributed by atoms with Gasteiger partial charge in [-0.3, -0.25) is 0 Å². The second-order valence-electron chi connectivity index (χ2n) is 4.98. The number of aromatic amines is 1. The number of imidazole rings is 1. The van der Waals surface area contributed by atoms with Gasteiger partial charge < -0.3 is 10.7 Å². The Labute approximate surface area is 123 Å². The summed E-state index contributed by atoms with van der Waals surface area (Å²) < 4.78 is 1.13. The van der Waals surface area contributed by atoms with Crippen molar-refractivity contribution in [1.29, 1.82) is 0 Å². The van der Waals surface area contributed by atoms with Gasteiger partial charge in [0.2, 0.25) is 0 Å². The summed E-state index contributed by atoms with van der Waals surface area (Å²) in [6, 6.07) is 4.23. The Kier molecular flexibility index (Phi) is 2.53. The maximum absolute atomic E-state index is 5.96.